The van der Waals surface area contributed by atoms with Gasteiger partial charge in [0.1, 0.15) is 0 Å². The number of fused-ring (bicyclic) bond motifs is 2. The average molecular weight is 259 g/mol. The molecule has 0 radical (unpaired) electrons. The van der Waals surface area contributed by atoms with Crippen LogP contribution in [0.3, 0.4) is 0 Å². The quantitative estimate of drug-likeness (QED) is 0.455. The molecule has 0 saturated carbocycles. The van der Waals surface area contributed by atoms with Crippen LogP contribution in [0.4, 0.5) is 0 Å². The van der Waals surface area contributed by atoms with Gasteiger partial charge in [-0.15, -0.1) is 0 Å². The van der Waals surface area contributed by atoms with Gasteiger partial charge in [0.25, 0.3) is 0 Å². The lowest BCUT2D eigenvalue weighted by Gasteiger charge is -2.01. The molecule has 3 rings (SSSR count). The Morgan fingerprint density at radius 1 is 0.947 bits per heavy atom. The van der Waals surface area contributed by atoms with E-state index in [0.717, 1.165) is 10.5 Å². The van der Waals surface area contributed by atoms with Gasteiger partial charge >= 0.3 is 0 Å². The monoisotopic (exact) mass is 259 g/mol. The summed E-state index contributed by atoms with van der Waals surface area (Å²) in [5.74, 6) is -2.17. The van der Waals surface area contributed by atoms with Crippen molar-refractivity contribution >= 4 is 16.3 Å². The minimum atomic E-state index is -0.628. The van der Waals surface area contributed by atoms with E-state index in [2.05, 4.69) is 0 Å². The molecule has 0 aliphatic rings. The van der Waals surface area contributed by atoms with E-state index in [4.69, 9.17) is 0 Å². The fourth-order valence-electron chi connectivity index (χ4n) is 2.12. The maximum absolute atomic E-state index is 12.3. The predicted molar refractivity (Wildman–Crippen MR) is 67.8 cm³/mol. The molecule has 4 N–H and O–H groups in total. The zero-order chi connectivity index (χ0) is 13.7. The molecule has 2 heterocycles. The van der Waals surface area contributed by atoms with Crippen LogP contribution in [0.2, 0.25) is 0 Å². The number of hydrogen-bond donors (Lipinski definition) is 4. The Balaban J connectivity index is 2.80. The Morgan fingerprint density at radius 3 is 2.42 bits per heavy atom. The first-order chi connectivity index (χ1) is 9.02. The van der Waals surface area contributed by atoms with Gasteiger partial charge in [-0.25, -0.2) is 0 Å². The lowest BCUT2D eigenvalue weighted by Crippen LogP contribution is -2.00. The van der Waals surface area contributed by atoms with Crippen molar-refractivity contribution in [2.75, 3.05) is 0 Å². The van der Waals surface area contributed by atoms with Crippen LogP contribution in [0.25, 0.3) is 16.3 Å². The Bertz CT molecular complexity index is 882. The van der Waals surface area contributed by atoms with Crippen LogP contribution >= 0.6 is 0 Å². The van der Waals surface area contributed by atoms with Gasteiger partial charge in [-0.05, 0) is 24.3 Å². The molecule has 6 nitrogen and oxygen atoms in total. The number of aromatic hydroxyl groups is 4. The molecule has 0 unspecified atom stereocenters. The molecule has 2 aromatic heterocycles. The third-order valence-electron chi connectivity index (χ3n) is 3.06. The molecule has 0 saturated heterocycles. The van der Waals surface area contributed by atoms with Crippen molar-refractivity contribution in [2.24, 2.45) is 0 Å². The Kier molecular flexibility index (Phi) is 2.10. The first-order valence-electron chi connectivity index (χ1n) is 5.42. The smallest absolute Gasteiger partial charge is 0.239 e. The second-order valence-electron chi connectivity index (χ2n) is 4.12. The van der Waals surface area contributed by atoms with Crippen molar-refractivity contribution < 1.29 is 20.4 Å². The summed E-state index contributed by atoms with van der Waals surface area (Å²) < 4.78 is 1.11. The summed E-state index contributed by atoms with van der Waals surface area (Å²) >= 11 is 0. The van der Waals surface area contributed by atoms with E-state index in [1.54, 1.807) is 0 Å². The highest BCUT2D eigenvalue weighted by Crippen LogP contribution is 2.38. The molecule has 0 aliphatic heterocycles. The van der Waals surface area contributed by atoms with Gasteiger partial charge in [0, 0.05) is 11.6 Å². The number of rotatable bonds is 0. The normalized spacial score (nSPS) is 11.2. The van der Waals surface area contributed by atoms with Crippen molar-refractivity contribution in [3.63, 3.8) is 0 Å². The summed E-state index contributed by atoms with van der Waals surface area (Å²) in [7, 11) is 0. The van der Waals surface area contributed by atoms with E-state index in [1.165, 1.54) is 24.4 Å². The van der Waals surface area contributed by atoms with Crippen LogP contribution in [0.5, 0.6) is 23.1 Å². The molecule has 1 aromatic carbocycles. The molecule has 0 spiro atoms. The number of nitrogens with zero attached hydrogens (tertiary/aromatic N) is 1. The van der Waals surface area contributed by atoms with Gasteiger partial charge in [-0.3, -0.25) is 9.20 Å². The van der Waals surface area contributed by atoms with Crippen LogP contribution < -0.4 is 5.43 Å². The lowest BCUT2D eigenvalue weighted by atomic mass is 10.1. The topological polar surface area (TPSA) is 102 Å². The van der Waals surface area contributed by atoms with Crippen molar-refractivity contribution in [3.05, 3.63) is 40.7 Å². The lowest BCUT2D eigenvalue weighted by molar-refractivity contribution is 0.389. The summed E-state index contributed by atoms with van der Waals surface area (Å²) in [5, 5.41) is 38.9. The third-order valence-corrected chi connectivity index (χ3v) is 3.06. The predicted octanol–water partition coefficient (Wildman–Crippen LogP) is 1.28. The highest BCUT2D eigenvalue weighted by Gasteiger charge is 2.17. The van der Waals surface area contributed by atoms with Crippen molar-refractivity contribution in [2.45, 2.75) is 0 Å². The second kappa shape index (κ2) is 3.55. The van der Waals surface area contributed by atoms with Gasteiger partial charge in [0.15, 0.2) is 17.2 Å². The van der Waals surface area contributed by atoms with Crippen LogP contribution in [-0.4, -0.2) is 24.8 Å². The van der Waals surface area contributed by atoms with Crippen LogP contribution in [0, 0.1) is 0 Å². The molecule has 3 aromatic rings. The molecule has 0 atom stereocenters. The standard InChI is InChI=1S/C13H9NO5/c15-8-4-3-6-9(12(8)18)11(17)7-2-1-5-14(7)13(19)10(6)16/h1-5,15-16,18-19H. The van der Waals surface area contributed by atoms with Crippen LogP contribution in [-0.2, 0) is 0 Å². The molecule has 0 aliphatic carbocycles. The largest absolute Gasteiger partial charge is 0.504 e. The number of benzene rings is 1. The van der Waals surface area contributed by atoms with Crippen molar-refractivity contribution in [1.82, 2.24) is 4.40 Å². The summed E-state index contributed by atoms with van der Waals surface area (Å²) in [5.41, 5.74) is -0.535. The van der Waals surface area contributed by atoms with E-state index >= 15 is 0 Å². The zero-order valence-electron chi connectivity index (χ0n) is 9.53. The number of hydrogen-bond acceptors (Lipinski definition) is 5. The van der Waals surface area contributed by atoms with Gasteiger partial charge in [0.2, 0.25) is 11.3 Å². The highest BCUT2D eigenvalue weighted by atomic mass is 16.3. The van der Waals surface area contributed by atoms with Gasteiger partial charge in [0.05, 0.1) is 10.9 Å². The summed E-state index contributed by atoms with van der Waals surface area (Å²) in [6.45, 7) is 0. The maximum atomic E-state index is 12.3. The van der Waals surface area contributed by atoms with Crippen LogP contribution in [0.1, 0.15) is 0 Å². The van der Waals surface area contributed by atoms with Gasteiger partial charge in [-0.2, -0.15) is 0 Å². The zero-order valence-corrected chi connectivity index (χ0v) is 9.53. The molecule has 0 amide bonds. The van der Waals surface area contributed by atoms with Crippen molar-refractivity contribution in [1.29, 1.82) is 0 Å². The Hall–Kier alpha value is -2.89. The minimum Gasteiger partial charge on any atom is -0.504 e. The maximum Gasteiger partial charge on any atom is 0.239 e. The number of aromatic nitrogens is 1. The Morgan fingerprint density at radius 2 is 1.68 bits per heavy atom. The molecule has 6 heteroatoms. The first kappa shape index (κ1) is 11.2. The third kappa shape index (κ3) is 1.33. The molecular formula is C13H9NO5. The molecule has 96 valence electrons. The summed E-state index contributed by atoms with van der Waals surface area (Å²) in [4.78, 5) is 12.3. The summed E-state index contributed by atoms with van der Waals surface area (Å²) in [6, 6.07) is 5.33. The fraction of sp³-hybridized carbons (Fsp3) is 0. The molecule has 0 fully saturated rings. The molecule has 0 bridgehead atoms. The van der Waals surface area contributed by atoms with E-state index < -0.39 is 28.6 Å². The number of phenolic OH excluding ortho intramolecular Hbond substituents is 2. The van der Waals surface area contributed by atoms with Crippen molar-refractivity contribution in [3.8, 4) is 23.1 Å². The highest BCUT2D eigenvalue weighted by molar-refractivity contribution is 5.96. The Labute approximate surface area is 106 Å². The SMILES string of the molecule is O=c1c2c(O)c(O)ccc2c(O)c(O)n2cccc12. The minimum absolute atomic E-state index is 0.0403. The van der Waals surface area contributed by atoms with E-state index in [0.29, 0.717) is 0 Å². The van der Waals surface area contributed by atoms with Gasteiger partial charge in [-0.1, -0.05) is 0 Å². The first-order valence-corrected chi connectivity index (χ1v) is 5.42. The van der Waals surface area contributed by atoms with Crippen LogP contribution in [0.15, 0.2) is 35.3 Å². The molecule has 19 heavy (non-hydrogen) atoms. The van der Waals surface area contributed by atoms with E-state index in [9.17, 15) is 25.2 Å². The summed E-state index contributed by atoms with van der Waals surface area (Å²) in [6.07, 6.45) is 1.40. The fourth-order valence-corrected chi connectivity index (χ4v) is 2.12. The number of phenols is 2. The van der Waals surface area contributed by atoms with E-state index in [1.807, 2.05) is 0 Å². The second-order valence-corrected chi connectivity index (χ2v) is 4.12. The van der Waals surface area contributed by atoms with E-state index in [-0.39, 0.29) is 16.3 Å². The average Bonchev–Trinajstić information content (AvgIpc) is 2.85. The van der Waals surface area contributed by atoms with Gasteiger partial charge < -0.3 is 20.4 Å². The molecular weight excluding hydrogens is 250 g/mol.